The second-order valence-corrected chi connectivity index (χ2v) is 14.9. The van der Waals surface area contributed by atoms with Crippen LogP contribution in [0, 0.1) is 0 Å². The van der Waals surface area contributed by atoms with E-state index in [2.05, 4.69) is 210 Å². The van der Waals surface area contributed by atoms with Gasteiger partial charge in [0.15, 0.2) is 11.5 Å². The van der Waals surface area contributed by atoms with Gasteiger partial charge in [-0.15, -0.1) is 0 Å². The first-order chi connectivity index (χ1) is 28.3. The molecule has 0 amide bonds. The maximum atomic E-state index is 6.43. The first-order valence-corrected chi connectivity index (χ1v) is 19.5. The Morgan fingerprint density at radius 1 is 0.351 bits per heavy atom. The maximum Gasteiger partial charge on any atom is 0.152 e. The molecule has 0 saturated heterocycles. The van der Waals surface area contributed by atoms with Gasteiger partial charge >= 0.3 is 0 Å². The van der Waals surface area contributed by atoms with Crippen LogP contribution in [0.25, 0.3) is 82.1 Å². The first-order valence-electron chi connectivity index (χ1n) is 19.5. The third-order valence-electron chi connectivity index (χ3n) is 11.7. The number of ether oxygens (including phenoxy) is 1. The zero-order valence-corrected chi connectivity index (χ0v) is 30.9. The number of fused-ring (bicyclic) bond motifs is 9. The molecule has 0 unspecified atom stereocenters. The second kappa shape index (κ2) is 12.5. The van der Waals surface area contributed by atoms with E-state index in [0.29, 0.717) is 0 Å². The fraction of sp³-hybridized carbons (Fsp3) is 0. The lowest BCUT2D eigenvalue weighted by atomic mass is 9.97. The van der Waals surface area contributed by atoms with E-state index in [1.807, 2.05) is 6.07 Å². The highest BCUT2D eigenvalue weighted by molar-refractivity contribution is 6.17. The Morgan fingerprint density at radius 3 is 1.67 bits per heavy atom. The van der Waals surface area contributed by atoms with Crippen molar-refractivity contribution in [1.82, 2.24) is 4.57 Å². The number of anilines is 3. The van der Waals surface area contributed by atoms with Crippen LogP contribution >= 0.6 is 0 Å². The fourth-order valence-electron chi connectivity index (χ4n) is 9.19. The van der Waals surface area contributed by atoms with Crippen LogP contribution in [0.2, 0.25) is 0 Å². The number of hydrogen-bond acceptors (Lipinski definition) is 2. The monoisotopic (exact) mass is 726 g/mol. The van der Waals surface area contributed by atoms with Gasteiger partial charge in [-0.1, -0.05) is 158 Å². The number of rotatable bonds is 5. The molecule has 266 valence electrons. The summed E-state index contributed by atoms with van der Waals surface area (Å²) < 4.78 is 8.83. The molecule has 1 aliphatic heterocycles. The van der Waals surface area contributed by atoms with Crippen molar-refractivity contribution in [2.24, 2.45) is 0 Å². The molecule has 0 saturated carbocycles. The lowest BCUT2D eigenvalue weighted by molar-refractivity contribution is 0.476. The van der Waals surface area contributed by atoms with E-state index in [-0.39, 0.29) is 0 Å². The van der Waals surface area contributed by atoms with Crippen LogP contribution in [-0.2, 0) is 0 Å². The van der Waals surface area contributed by atoms with Crippen LogP contribution in [0.4, 0.5) is 17.1 Å². The fourth-order valence-corrected chi connectivity index (χ4v) is 9.19. The van der Waals surface area contributed by atoms with Crippen molar-refractivity contribution in [3.8, 4) is 39.4 Å². The first kappa shape index (κ1) is 31.7. The zero-order valence-electron chi connectivity index (χ0n) is 30.9. The summed E-state index contributed by atoms with van der Waals surface area (Å²) in [4.78, 5) is 2.42. The molecule has 12 rings (SSSR count). The molecule has 0 atom stereocenters. The predicted molar refractivity (Wildman–Crippen MR) is 239 cm³/mol. The smallest absolute Gasteiger partial charge is 0.152 e. The number of nitrogens with zero attached hydrogens (tertiary/aromatic N) is 2. The van der Waals surface area contributed by atoms with Crippen LogP contribution < -0.4 is 9.64 Å². The number of hydrogen-bond donors (Lipinski definition) is 0. The Hall–Kier alpha value is -7.62. The van der Waals surface area contributed by atoms with E-state index in [0.717, 1.165) is 45.3 Å². The highest BCUT2D eigenvalue weighted by atomic mass is 16.5. The Labute approximate surface area is 329 Å². The predicted octanol–water partition coefficient (Wildman–Crippen LogP) is 15.2. The Kier molecular flexibility index (Phi) is 6.93. The average molecular weight is 727 g/mol. The van der Waals surface area contributed by atoms with Crippen molar-refractivity contribution in [3.63, 3.8) is 0 Å². The van der Waals surface area contributed by atoms with Crippen molar-refractivity contribution in [2.45, 2.75) is 0 Å². The van der Waals surface area contributed by atoms with E-state index < -0.39 is 0 Å². The maximum absolute atomic E-state index is 6.43. The minimum Gasteiger partial charge on any atom is -0.453 e. The summed E-state index contributed by atoms with van der Waals surface area (Å²) in [6, 6.07) is 74.6. The van der Waals surface area contributed by atoms with Crippen LogP contribution in [-0.4, -0.2) is 4.57 Å². The molecule has 1 aliphatic rings. The normalized spacial score (nSPS) is 12.0. The molecular weight excluding hydrogens is 693 g/mol. The van der Waals surface area contributed by atoms with Gasteiger partial charge in [-0.25, -0.2) is 0 Å². The molecule has 0 bridgehead atoms. The van der Waals surface area contributed by atoms with Crippen molar-refractivity contribution >= 4 is 71.2 Å². The molecule has 0 aliphatic carbocycles. The highest BCUT2D eigenvalue weighted by Crippen LogP contribution is 2.48. The number of para-hydroxylation sites is 4. The Morgan fingerprint density at radius 2 is 0.877 bits per heavy atom. The van der Waals surface area contributed by atoms with Crippen LogP contribution in [0.15, 0.2) is 206 Å². The summed E-state index contributed by atoms with van der Waals surface area (Å²) in [7, 11) is 0. The van der Waals surface area contributed by atoms with Gasteiger partial charge in [0, 0.05) is 33.1 Å². The topological polar surface area (TPSA) is 17.4 Å². The van der Waals surface area contributed by atoms with Crippen LogP contribution in [0.3, 0.4) is 0 Å². The third kappa shape index (κ3) is 4.86. The molecule has 2 heterocycles. The molecular formula is C54H34N2O. The van der Waals surface area contributed by atoms with Gasteiger partial charge in [0.1, 0.15) is 0 Å². The Balaban J connectivity index is 1.04. The third-order valence-corrected chi connectivity index (χ3v) is 11.7. The van der Waals surface area contributed by atoms with Crippen LogP contribution in [0.1, 0.15) is 0 Å². The van der Waals surface area contributed by atoms with Crippen molar-refractivity contribution in [2.75, 3.05) is 4.90 Å². The van der Waals surface area contributed by atoms with Gasteiger partial charge in [-0.3, -0.25) is 0 Å². The number of benzene rings is 10. The molecule has 0 radical (unpaired) electrons. The molecule has 0 spiro atoms. The van der Waals surface area contributed by atoms with Crippen LogP contribution in [0.5, 0.6) is 11.5 Å². The summed E-state index contributed by atoms with van der Waals surface area (Å²) in [6.45, 7) is 0. The minimum atomic E-state index is 0.866. The number of aromatic nitrogens is 1. The van der Waals surface area contributed by atoms with Gasteiger partial charge in [0.2, 0.25) is 0 Å². The summed E-state index contributed by atoms with van der Waals surface area (Å²) in [5.41, 5.74) is 11.4. The van der Waals surface area contributed by atoms with E-state index in [4.69, 9.17) is 4.74 Å². The lowest BCUT2D eigenvalue weighted by Crippen LogP contribution is -2.10. The second-order valence-electron chi connectivity index (χ2n) is 14.9. The van der Waals surface area contributed by atoms with Gasteiger partial charge in [0.05, 0.1) is 22.4 Å². The molecule has 3 nitrogen and oxygen atoms in total. The molecule has 0 fully saturated rings. The zero-order chi connectivity index (χ0) is 37.5. The van der Waals surface area contributed by atoms with Gasteiger partial charge in [-0.05, 0) is 92.2 Å². The molecule has 57 heavy (non-hydrogen) atoms. The summed E-state index contributed by atoms with van der Waals surface area (Å²) in [6.07, 6.45) is 0. The highest BCUT2D eigenvalue weighted by Gasteiger charge is 2.25. The largest absolute Gasteiger partial charge is 0.453 e. The SMILES string of the molecule is c1ccc2c(c1)Oc1cccc3c4cccc(-c5ccc(N(c6ccc(-c7cccc8ccccc78)cc6)c6cc7ccccc7c7ccccc67)cc5)c4n-2c13. The van der Waals surface area contributed by atoms with E-state index in [1.165, 1.54) is 65.3 Å². The molecule has 1 aromatic heterocycles. The van der Waals surface area contributed by atoms with Gasteiger partial charge in [-0.2, -0.15) is 0 Å². The van der Waals surface area contributed by atoms with Crippen molar-refractivity contribution in [3.05, 3.63) is 206 Å². The van der Waals surface area contributed by atoms with Crippen molar-refractivity contribution < 1.29 is 4.74 Å². The standard InChI is InChI=1S/C54H34N2O/c1-3-15-41-35(12-1)14-9-19-42(41)36-26-30-39(31-27-36)55(50-34-38-13-2-4-16-43(38)45-17-5-6-18-46(45)50)40-32-28-37(29-33-40)44-20-10-21-47-48-22-11-25-52-54(48)56(53(44)47)49-23-7-8-24-51(49)57-52/h1-34H. The molecule has 10 aromatic carbocycles. The summed E-state index contributed by atoms with van der Waals surface area (Å²) in [5, 5.41) is 9.82. The molecule has 11 aromatic rings. The molecule has 0 N–H and O–H groups in total. The minimum absolute atomic E-state index is 0.866. The summed E-state index contributed by atoms with van der Waals surface area (Å²) in [5.74, 6) is 1.75. The van der Waals surface area contributed by atoms with E-state index >= 15 is 0 Å². The van der Waals surface area contributed by atoms with Gasteiger partial charge in [0.25, 0.3) is 0 Å². The van der Waals surface area contributed by atoms with Crippen molar-refractivity contribution in [1.29, 1.82) is 0 Å². The Bertz CT molecular complexity index is 3370. The summed E-state index contributed by atoms with van der Waals surface area (Å²) >= 11 is 0. The quantitative estimate of drug-likeness (QED) is 0.164. The van der Waals surface area contributed by atoms with E-state index in [1.54, 1.807) is 0 Å². The lowest BCUT2D eigenvalue weighted by Gasteiger charge is -2.28. The average Bonchev–Trinajstić information content (AvgIpc) is 3.63. The van der Waals surface area contributed by atoms with Gasteiger partial charge < -0.3 is 14.2 Å². The van der Waals surface area contributed by atoms with E-state index in [9.17, 15) is 0 Å². The molecule has 3 heteroatoms.